The van der Waals surface area contributed by atoms with Gasteiger partial charge in [-0.25, -0.2) is 4.98 Å². The molecule has 0 bridgehead atoms. The van der Waals surface area contributed by atoms with Crippen molar-refractivity contribution in [1.82, 2.24) is 9.66 Å². The molecule has 0 radical (unpaired) electrons. The van der Waals surface area contributed by atoms with Crippen LogP contribution in [-0.4, -0.2) is 41.6 Å². The fraction of sp³-hybridized carbons (Fsp3) is 0.294. The summed E-state index contributed by atoms with van der Waals surface area (Å²) in [6, 6.07) is 14.8. The van der Waals surface area contributed by atoms with Gasteiger partial charge in [-0.2, -0.15) is 9.78 Å². The molecule has 9 heteroatoms. The van der Waals surface area contributed by atoms with Gasteiger partial charge in [0.05, 0.1) is 30.3 Å². The molecule has 1 amide bonds. The number of hydrogen-bond acceptors (Lipinski definition) is 7. The number of primary amides is 1. The van der Waals surface area contributed by atoms with Crippen molar-refractivity contribution in [2.24, 2.45) is 10.8 Å². The molecule has 0 saturated heterocycles. The average Bonchev–Trinajstić information content (AvgIpc) is 2.96. The lowest BCUT2D eigenvalue weighted by molar-refractivity contribution is -0.119. The zero-order valence-corrected chi connectivity index (χ0v) is 25.3. The van der Waals surface area contributed by atoms with Crippen LogP contribution in [0, 0.1) is 6.92 Å². The number of para-hydroxylation sites is 1. The zero-order chi connectivity index (χ0) is 31.1. The standard InChI is InChI=1S/C34H38N4O5/c1-7-12-24-16-23(17-30(42-9-3)32(24)43-20-31(35)39)19-36-38-33(37-28-14-11-10-13-25(28)34(38)40)27-18-26(21(4)5)29(41-8-2)15-22(27)6/h7,10-11,13-19,21H,1,8-9,12,20H2,2-6H3,(H2,35,39). The molecule has 224 valence electrons. The van der Waals surface area contributed by atoms with E-state index in [-0.39, 0.29) is 18.1 Å². The van der Waals surface area contributed by atoms with Gasteiger partial charge in [0.25, 0.3) is 11.5 Å². The van der Waals surface area contributed by atoms with Gasteiger partial charge < -0.3 is 19.9 Å². The molecule has 0 aliphatic carbocycles. The predicted molar refractivity (Wildman–Crippen MR) is 171 cm³/mol. The number of ether oxygens (including phenoxy) is 3. The van der Waals surface area contributed by atoms with Crippen LogP contribution in [0.1, 0.15) is 55.9 Å². The number of carbonyl (C=O) groups is 1. The molecule has 0 saturated carbocycles. The molecule has 4 rings (SSSR count). The van der Waals surface area contributed by atoms with Crippen LogP contribution in [0.2, 0.25) is 0 Å². The summed E-state index contributed by atoms with van der Waals surface area (Å²) in [4.78, 5) is 30.2. The van der Waals surface area contributed by atoms with Gasteiger partial charge in [-0.15, -0.1) is 6.58 Å². The lowest BCUT2D eigenvalue weighted by atomic mass is 9.96. The van der Waals surface area contributed by atoms with Crippen molar-refractivity contribution in [1.29, 1.82) is 0 Å². The number of rotatable bonds is 13. The van der Waals surface area contributed by atoms with E-state index in [9.17, 15) is 9.59 Å². The normalized spacial score (nSPS) is 11.3. The molecule has 0 aliphatic rings. The maximum absolute atomic E-state index is 13.9. The Bertz CT molecular complexity index is 1740. The second-order valence-electron chi connectivity index (χ2n) is 10.3. The van der Waals surface area contributed by atoms with E-state index >= 15 is 0 Å². The molecular formula is C34H38N4O5. The number of fused-ring (bicyclic) bond motifs is 1. The minimum Gasteiger partial charge on any atom is -0.494 e. The Hall–Kier alpha value is -4.92. The van der Waals surface area contributed by atoms with E-state index in [0.717, 1.165) is 28.0 Å². The number of amides is 1. The van der Waals surface area contributed by atoms with Gasteiger partial charge in [-0.3, -0.25) is 9.59 Å². The third-order valence-electron chi connectivity index (χ3n) is 6.77. The summed E-state index contributed by atoms with van der Waals surface area (Å²) >= 11 is 0. The van der Waals surface area contributed by atoms with Crippen LogP contribution in [0.25, 0.3) is 22.3 Å². The topological polar surface area (TPSA) is 118 Å². The van der Waals surface area contributed by atoms with Gasteiger partial charge in [0.15, 0.2) is 23.9 Å². The van der Waals surface area contributed by atoms with E-state index in [1.807, 2.05) is 51.1 Å². The number of benzene rings is 3. The largest absolute Gasteiger partial charge is 0.494 e. The first-order chi connectivity index (χ1) is 20.7. The van der Waals surface area contributed by atoms with Crippen molar-refractivity contribution in [3.8, 4) is 28.6 Å². The monoisotopic (exact) mass is 582 g/mol. The van der Waals surface area contributed by atoms with Gasteiger partial charge in [-0.05, 0) is 86.2 Å². The highest BCUT2D eigenvalue weighted by Crippen LogP contribution is 2.35. The lowest BCUT2D eigenvalue weighted by Crippen LogP contribution is -2.21. The summed E-state index contributed by atoms with van der Waals surface area (Å²) in [7, 11) is 0. The Morgan fingerprint density at radius 1 is 1.07 bits per heavy atom. The number of allylic oxidation sites excluding steroid dienone is 1. The van der Waals surface area contributed by atoms with E-state index in [0.29, 0.717) is 53.4 Å². The molecule has 2 N–H and O–H groups in total. The van der Waals surface area contributed by atoms with Crippen molar-refractivity contribution < 1.29 is 19.0 Å². The number of hydrogen-bond donors (Lipinski definition) is 1. The molecule has 1 heterocycles. The van der Waals surface area contributed by atoms with Crippen LogP contribution in [0.15, 0.2) is 71.1 Å². The van der Waals surface area contributed by atoms with Crippen LogP contribution in [-0.2, 0) is 11.2 Å². The van der Waals surface area contributed by atoms with Crippen LogP contribution >= 0.6 is 0 Å². The van der Waals surface area contributed by atoms with Crippen LogP contribution in [0.3, 0.4) is 0 Å². The van der Waals surface area contributed by atoms with E-state index in [1.54, 1.807) is 30.5 Å². The number of nitrogens with zero attached hydrogens (tertiary/aromatic N) is 3. The number of nitrogens with two attached hydrogens (primary N) is 1. The Balaban J connectivity index is 1.93. The summed E-state index contributed by atoms with van der Waals surface area (Å²) in [5.41, 5.74) is 9.69. The Morgan fingerprint density at radius 2 is 1.79 bits per heavy atom. The Kier molecular flexibility index (Phi) is 9.98. The molecule has 1 aromatic heterocycles. The fourth-order valence-electron chi connectivity index (χ4n) is 4.84. The molecule has 3 aromatic carbocycles. The van der Waals surface area contributed by atoms with E-state index < -0.39 is 5.91 Å². The van der Waals surface area contributed by atoms with Gasteiger partial charge in [0, 0.05) is 11.1 Å². The van der Waals surface area contributed by atoms with Gasteiger partial charge in [0.1, 0.15) is 5.75 Å². The first-order valence-corrected chi connectivity index (χ1v) is 14.3. The van der Waals surface area contributed by atoms with Crippen molar-refractivity contribution in [2.45, 2.75) is 47.0 Å². The predicted octanol–water partition coefficient (Wildman–Crippen LogP) is 5.77. The molecule has 43 heavy (non-hydrogen) atoms. The molecular weight excluding hydrogens is 544 g/mol. The molecule has 0 unspecified atom stereocenters. The average molecular weight is 583 g/mol. The molecule has 0 fully saturated rings. The molecule has 0 atom stereocenters. The molecule has 0 aliphatic heterocycles. The van der Waals surface area contributed by atoms with Crippen molar-refractivity contribution in [3.63, 3.8) is 0 Å². The highest BCUT2D eigenvalue weighted by atomic mass is 16.5. The van der Waals surface area contributed by atoms with Gasteiger partial charge >= 0.3 is 0 Å². The minimum absolute atomic E-state index is 0.181. The van der Waals surface area contributed by atoms with E-state index in [1.165, 1.54) is 4.68 Å². The van der Waals surface area contributed by atoms with Crippen molar-refractivity contribution in [2.75, 3.05) is 19.8 Å². The number of aromatic nitrogens is 2. The first-order valence-electron chi connectivity index (χ1n) is 14.3. The highest BCUT2D eigenvalue weighted by molar-refractivity contribution is 5.84. The SMILES string of the molecule is C=CCc1cc(C=Nn2c(-c3cc(C(C)C)c(OCC)cc3C)nc3ccccc3c2=O)cc(OCC)c1OCC(N)=O. The minimum atomic E-state index is -0.599. The van der Waals surface area contributed by atoms with Crippen molar-refractivity contribution in [3.05, 3.63) is 93.8 Å². The number of aryl methyl sites for hydroxylation is 1. The zero-order valence-electron chi connectivity index (χ0n) is 25.3. The summed E-state index contributed by atoms with van der Waals surface area (Å²) in [6.45, 7) is 14.4. The summed E-state index contributed by atoms with van der Waals surface area (Å²) < 4.78 is 18.8. The summed E-state index contributed by atoms with van der Waals surface area (Å²) in [5.74, 6) is 1.65. The summed E-state index contributed by atoms with van der Waals surface area (Å²) in [6.07, 6.45) is 3.75. The first kappa shape index (κ1) is 31.0. The van der Waals surface area contributed by atoms with E-state index in [4.69, 9.17) is 24.9 Å². The lowest BCUT2D eigenvalue weighted by Gasteiger charge is -2.18. The van der Waals surface area contributed by atoms with Crippen LogP contribution in [0.5, 0.6) is 17.2 Å². The third kappa shape index (κ3) is 6.94. The quantitative estimate of drug-likeness (QED) is 0.158. The molecule has 4 aromatic rings. The Labute approximate surface area is 251 Å². The fourth-order valence-corrected chi connectivity index (χ4v) is 4.84. The summed E-state index contributed by atoms with van der Waals surface area (Å²) in [5, 5.41) is 5.12. The van der Waals surface area contributed by atoms with Gasteiger partial charge in [0.2, 0.25) is 0 Å². The highest BCUT2D eigenvalue weighted by Gasteiger charge is 2.19. The Morgan fingerprint density at radius 3 is 2.47 bits per heavy atom. The second kappa shape index (κ2) is 13.8. The smallest absolute Gasteiger partial charge is 0.282 e. The maximum Gasteiger partial charge on any atom is 0.282 e. The van der Waals surface area contributed by atoms with Crippen LogP contribution < -0.4 is 25.5 Å². The van der Waals surface area contributed by atoms with E-state index in [2.05, 4.69) is 25.5 Å². The third-order valence-corrected chi connectivity index (χ3v) is 6.77. The molecule has 0 spiro atoms. The maximum atomic E-state index is 13.9. The second-order valence-corrected chi connectivity index (χ2v) is 10.3. The van der Waals surface area contributed by atoms with Crippen molar-refractivity contribution >= 4 is 23.0 Å². The number of carbonyl (C=O) groups excluding carboxylic acids is 1. The van der Waals surface area contributed by atoms with Gasteiger partial charge in [-0.1, -0.05) is 32.1 Å². The molecule has 9 nitrogen and oxygen atoms in total. The van der Waals surface area contributed by atoms with Crippen LogP contribution in [0.4, 0.5) is 0 Å².